The first-order chi connectivity index (χ1) is 17.0. The second-order valence-electron chi connectivity index (χ2n) is 8.65. The Hall–Kier alpha value is -4.32. The Kier molecular flexibility index (Phi) is 6.10. The normalized spacial score (nSPS) is 12.3. The summed E-state index contributed by atoms with van der Waals surface area (Å²) in [5.41, 5.74) is 6.32. The maximum absolute atomic E-state index is 13.4. The lowest BCUT2D eigenvalue weighted by molar-refractivity contribution is -0.117. The zero-order chi connectivity index (χ0) is 24.4. The van der Waals surface area contributed by atoms with Crippen molar-refractivity contribution in [1.29, 1.82) is 0 Å². The number of pyridine rings is 1. The minimum Gasteiger partial charge on any atom is -0.322 e. The molecule has 5 rings (SSSR count). The number of nitrogens with zero attached hydrogens (tertiary/aromatic N) is 2. The molecule has 35 heavy (non-hydrogen) atoms. The molecule has 1 aliphatic heterocycles. The third-order valence-electron chi connectivity index (χ3n) is 6.17. The number of aromatic nitrogens is 1. The molecule has 0 saturated carbocycles. The lowest BCUT2D eigenvalue weighted by Crippen LogP contribution is -2.30. The summed E-state index contributed by atoms with van der Waals surface area (Å²) in [7, 11) is 0. The molecule has 0 bridgehead atoms. The second kappa shape index (κ2) is 9.50. The first-order valence-electron chi connectivity index (χ1n) is 11.5. The van der Waals surface area contributed by atoms with E-state index in [1.54, 1.807) is 29.3 Å². The maximum Gasteiger partial charge on any atom is 0.256 e. The van der Waals surface area contributed by atoms with E-state index in [-0.39, 0.29) is 24.1 Å². The Labute approximate surface area is 203 Å². The molecular formula is C29H24FN3O2. The fourth-order valence-corrected chi connectivity index (χ4v) is 4.41. The molecule has 0 saturated heterocycles. The van der Waals surface area contributed by atoms with Gasteiger partial charge in [0.1, 0.15) is 5.82 Å². The van der Waals surface area contributed by atoms with E-state index in [0.29, 0.717) is 17.8 Å². The van der Waals surface area contributed by atoms with Gasteiger partial charge in [0, 0.05) is 35.4 Å². The van der Waals surface area contributed by atoms with Gasteiger partial charge in [0.15, 0.2) is 0 Å². The van der Waals surface area contributed by atoms with Gasteiger partial charge in [-0.25, -0.2) is 4.39 Å². The maximum atomic E-state index is 13.4. The molecule has 0 spiro atoms. The van der Waals surface area contributed by atoms with Crippen LogP contribution in [0.2, 0.25) is 0 Å². The highest BCUT2D eigenvalue weighted by atomic mass is 19.1. The molecule has 0 radical (unpaired) electrons. The van der Waals surface area contributed by atoms with Crippen LogP contribution in [-0.2, 0) is 17.6 Å². The van der Waals surface area contributed by atoms with Gasteiger partial charge in [0.05, 0.1) is 6.42 Å². The van der Waals surface area contributed by atoms with E-state index in [1.807, 2.05) is 55.5 Å². The number of benzene rings is 3. The minimum atomic E-state index is -0.321. The Morgan fingerprint density at radius 2 is 1.83 bits per heavy atom. The predicted molar refractivity (Wildman–Crippen MR) is 135 cm³/mol. The van der Waals surface area contributed by atoms with Crippen molar-refractivity contribution in [3.8, 4) is 11.1 Å². The molecule has 1 aromatic heterocycles. The van der Waals surface area contributed by atoms with Crippen LogP contribution in [0.25, 0.3) is 11.1 Å². The molecule has 1 aliphatic rings. The summed E-state index contributed by atoms with van der Waals surface area (Å²) >= 11 is 0. The van der Waals surface area contributed by atoms with E-state index in [0.717, 1.165) is 40.1 Å². The van der Waals surface area contributed by atoms with Gasteiger partial charge in [-0.3, -0.25) is 14.6 Å². The Morgan fingerprint density at radius 1 is 1.00 bits per heavy atom. The number of anilines is 2. The number of halogens is 1. The number of hydrogen-bond donors (Lipinski definition) is 1. The highest BCUT2D eigenvalue weighted by Crippen LogP contribution is 2.32. The van der Waals surface area contributed by atoms with E-state index in [2.05, 4.69) is 10.3 Å². The molecule has 5 nitrogen and oxygen atoms in total. The van der Waals surface area contributed by atoms with E-state index in [4.69, 9.17) is 0 Å². The molecule has 2 amide bonds. The number of hydrogen-bond acceptors (Lipinski definition) is 3. The van der Waals surface area contributed by atoms with Crippen molar-refractivity contribution in [1.82, 2.24) is 4.98 Å². The average molecular weight is 466 g/mol. The van der Waals surface area contributed by atoms with E-state index in [1.165, 1.54) is 12.1 Å². The molecule has 0 atom stereocenters. The van der Waals surface area contributed by atoms with Crippen molar-refractivity contribution >= 4 is 23.2 Å². The van der Waals surface area contributed by atoms with Gasteiger partial charge in [-0.2, -0.15) is 0 Å². The van der Waals surface area contributed by atoms with Crippen molar-refractivity contribution < 1.29 is 14.0 Å². The summed E-state index contributed by atoms with van der Waals surface area (Å²) in [4.78, 5) is 32.1. The topological polar surface area (TPSA) is 62.3 Å². The molecular weight excluding hydrogens is 441 g/mol. The van der Waals surface area contributed by atoms with Crippen molar-refractivity contribution in [3.05, 3.63) is 113 Å². The Morgan fingerprint density at radius 3 is 2.60 bits per heavy atom. The van der Waals surface area contributed by atoms with Crippen LogP contribution in [0.15, 0.2) is 85.1 Å². The highest BCUT2D eigenvalue weighted by molar-refractivity contribution is 6.09. The first-order valence-corrected chi connectivity index (χ1v) is 11.5. The number of nitrogens with one attached hydrogen (secondary N) is 1. The third-order valence-corrected chi connectivity index (χ3v) is 6.17. The molecule has 6 heteroatoms. The molecule has 2 heterocycles. The molecule has 174 valence electrons. The van der Waals surface area contributed by atoms with E-state index in [9.17, 15) is 14.0 Å². The molecule has 1 N–H and O–H groups in total. The van der Waals surface area contributed by atoms with Gasteiger partial charge < -0.3 is 10.2 Å². The highest BCUT2D eigenvalue weighted by Gasteiger charge is 2.25. The first kappa shape index (κ1) is 22.5. The van der Waals surface area contributed by atoms with Crippen molar-refractivity contribution in [2.75, 3.05) is 16.8 Å². The van der Waals surface area contributed by atoms with Crippen molar-refractivity contribution in [2.24, 2.45) is 0 Å². The number of rotatable bonds is 5. The van der Waals surface area contributed by atoms with Gasteiger partial charge in [-0.1, -0.05) is 35.9 Å². The van der Waals surface area contributed by atoms with Gasteiger partial charge in [0.25, 0.3) is 5.91 Å². The second-order valence-corrected chi connectivity index (χ2v) is 8.65. The number of fused-ring (bicyclic) bond motifs is 1. The summed E-state index contributed by atoms with van der Waals surface area (Å²) in [6, 6.07) is 22.9. The van der Waals surface area contributed by atoms with Gasteiger partial charge in [0.2, 0.25) is 5.91 Å². The summed E-state index contributed by atoms with van der Waals surface area (Å²) in [5, 5.41) is 2.99. The lowest BCUT2D eigenvalue weighted by Gasteiger charge is -2.18. The van der Waals surface area contributed by atoms with Crippen LogP contribution in [-0.4, -0.2) is 23.3 Å². The molecule has 0 aliphatic carbocycles. The number of aryl methyl sites for hydroxylation is 1. The number of amides is 2. The van der Waals surface area contributed by atoms with Crippen LogP contribution < -0.4 is 10.2 Å². The summed E-state index contributed by atoms with van der Waals surface area (Å²) in [6.45, 7) is 2.56. The SMILES string of the molecule is Cc1ccc(C(=O)Nc2ccc3c(c2)CCN3C(=O)Cc2ccccn2)c(-c2ccc(F)cc2)c1. The van der Waals surface area contributed by atoms with Crippen LogP contribution in [0.1, 0.15) is 27.2 Å². The van der Waals surface area contributed by atoms with Gasteiger partial charge >= 0.3 is 0 Å². The summed E-state index contributed by atoms with van der Waals surface area (Å²) in [5.74, 6) is -0.564. The Bertz CT molecular complexity index is 1400. The van der Waals surface area contributed by atoms with Gasteiger partial charge in [-0.15, -0.1) is 0 Å². The van der Waals surface area contributed by atoms with Crippen LogP contribution in [0.5, 0.6) is 0 Å². The molecule has 4 aromatic rings. The fourth-order valence-electron chi connectivity index (χ4n) is 4.41. The van der Waals surface area contributed by atoms with Gasteiger partial charge in [-0.05, 0) is 78.6 Å². The van der Waals surface area contributed by atoms with Crippen LogP contribution >= 0.6 is 0 Å². The standard InChI is InChI=1S/C29H24FN3O2/c1-19-5-11-25(26(16-19)20-6-8-22(30)9-7-20)29(35)32-24-10-12-27-21(17-24)13-15-33(27)28(34)18-23-4-2-3-14-31-23/h2-12,14,16-17H,13,15,18H2,1H3,(H,32,35). The minimum absolute atomic E-state index is 0.00262. The largest absolute Gasteiger partial charge is 0.322 e. The number of carbonyl (C=O) groups is 2. The number of carbonyl (C=O) groups excluding carboxylic acids is 2. The summed E-state index contributed by atoms with van der Waals surface area (Å²) < 4.78 is 13.4. The van der Waals surface area contributed by atoms with E-state index < -0.39 is 0 Å². The molecule has 0 fully saturated rings. The quantitative estimate of drug-likeness (QED) is 0.419. The van der Waals surface area contributed by atoms with E-state index >= 15 is 0 Å². The van der Waals surface area contributed by atoms with Crippen molar-refractivity contribution in [2.45, 2.75) is 19.8 Å². The smallest absolute Gasteiger partial charge is 0.256 e. The van der Waals surface area contributed by atoms with Crippen LogP contribution in [0.3, 0.4) is 0 Å². The Balaban J connectivity index is 1.35. The fraction of sp³-hybridized carbons (Fsp3) is 0.138. The average Bonchev–Trinajstić information content (AvgIpc) is 3.28. The summed E-state index contributed by atoms with van der Waals surface area (Å²) in [6.07, 6.45) is 2.65. The molecule has 0 unspecified atom stereocenters. The third kappa shape index (κ3) is 4.82. The van der Waals surface area contributed by atoms with Crippen molar-refractivity contribution in [3.63, 3.8) is 0 Å². The zero-order valence-electron chi connectivity index (χ0n) is 19.3. The van der Waals surface area contributed by atoms with Crippen LogP contribution in [0, 0.1) is 12.7 Å². The van der Waals surface area contributed by atoms with Crippen LogP contribution in [0.4, 0.5) is 15.8 Å². The molecule has 3 aromatic carbocycles. The zero-order valence-corrected chi connectivity index (χ0v) is 19.3. The lowest BCUT2D eigenvalue weighted by atomic mass is 9.97. The monoisotopic (exact) mass is 465 g/mol. The predicted octanol–water partition coefficient (Wildman–Crippen LogP) is 5.58.